The minimum Gasteiger partial charge on any atom is -0.457 e. The molecule has 0 saturated heterocycles. The van der Waals surface area contributed by atoms with E-state index in [-0.39, 0.29) is 11.1 Å². The summed E-state index contributed by atoms with van der Waals surface area (Å²) in [7, 11) is 0. The van der Waals surface area contributed by atoms with E-state index in [1.165, 1.54) is 0 Å². The van der Waals surface area contributed by atoms with Gasteiger partial charge in [0.25, 0.3) is 11.1 Å². The van der Waals surface area contributed by atoms with Crippen molar-refractivity contribution in [3.63, 3.8) is 0 Å². The van der Waals surface area contributed by atoms with Crippen LogP contribution in [0.25, 0.3) is 131 Å². The molecule has 0 aliphatic rings. The highest BCUT2D eigenvalue weighted by Crippen LogP contribution is 2.49. The van der Waals surface area contributed by atoms with Crippen molar-refractivity contribution >= 4 is 120 Å². The summed E-state index contributed by atoms with van der Waals surface area (Å²) < 4.78 is 30.5. The highest BCUT2D eigenvalue weighted by Gasteiger charge is 2.27. The third-order valence-electron chi connectivity index (χ3n) is 14.1. The molecular weight excluding hydrogens is 873 g/mol. The summed E-state index contributed by atoms with van der Waals surface area (Å²) in [5.41, 5.74) is 7.94. The van der Waals surface area contributed by atoms with Gasteiger partial charge >= 0.3 is 0 Å². The lowest BCUT2D eigenvalue weighted by Crippen LogP contribution is -2.14. The van der Waals surface area contributed by atoms with Crippen molar-refractivity contribution in [2.24, 2.45) is 0 Å². The fraction of sp³-hybridized carbons (Fsp3) is 0. The average molecular weight is 903 g/mol. The Labute approximate surface area is 392 Å². The summed E-state index contributed by atoms with van der Waals surface area (Å²) in [5, 5.41) is 9.13. The van der Waals surface area contributed by atoms with Crippen LogP contribution in [0, 0.1) is 0 Å². The Morgan fingerprint density at radius 3 is 1.61 bits per heavy atom. The van der Waals surface area contributed by atoms with Crippen LogP contribution in [0.15, 0.2) is 200 Å². The van der Waals surface area contributed by atoms with Crippen LogP contribution >= 0.6 is 0 Å². The van der Waals surface area contributed by atoms with Crippen molar-refractivity contribution in [3.8, 4) is 34.1 Å². The second-order valence-corrected chi connectivity index (χ2v) is 17.9. The van der Waals surface area contributed by atoms with Crippen LogP contribution in [0.2, 0.25) is 0 Å². The molecule has 6 aromatic heterocycles. The van der Waals surface area contributed by atoms with Crippen LogP contribution in [0.5, 0.6) is 23.0 Å². The summed E-state index contributed by atoms with van der Waals surface area (Å²) in [4.78, 5) is 39.6. The molecule has 70 heavy (non-hydrogen) atoms. The van der Waals surface area contributed by atoms with Crippen LogP contribution in [-0.2, 0) is 0 Å². The van der Waals surface area contributed by atoms with Crippen LogP contribution in [-0.4, -0.2) is 18.8 Å². The zero-order chi connectivity index (χ0) is 45.9. The number of para-hydroxylation sites is 7. The molecule has 326 valence electrons. The van der Waals surface area contributed by atoms with Crippen molar-refractivity contribution in [1.29, 1.82) is 0 Å². The number of rotatable bonds is 5. The molecule has 16 rings (SSSR count). The first kappa shape index (κ1) is 37.3. The van der Waals surface area contributed by atoms with Crippen LogP contribution in [0.3, 0.4) is 0 Å². The first-order valence-corrected chi connectivity index (χ1v) is 23.0. The standard InChI is InChI=1S/C60H30N4O6/c65-59-36-26-27-46-55-50(36)38(57-61-40-16-6-8-18-42(40)63(57)59)29-47(51(55)34-14-4-10-20-44(34)69-46)68-33-24-22-31(23-25-33)37-28-49-56-52(35-15-5-11-21-45(35)70-49)48(67-32-12-2-1-3-13-32)30-39-53(56)54(37)58-62-41-17-7-9-19-43(41)64(58)60(39)66/h1-30H. The van der Waals surface area contributed by atoms with E-state index < -0.39 is 0 Å². The number of nitrogens with zero attached hydrogens (tertiary/aromatic N) is 4. The van der Waals surface area contributed by atoms with E-state index in [1.807, 2.05) is 176 Å². The van der Waals surface area contributed by atoms with Gasteiger partial charge in [-0.2, -0.15) is 0 Å². The molecule has 6 heterocycles. The van der Waals surface area contributed by atoms with Gasteiger partial charge in [-0.3, -0.25) is 18.4 Å². The topological polar surface area (TPSA) is 113 Å². The first-order valence-electron chi connectivity index (χ1n) is 23.0. The number of fused-ring (bicyclic) bond motifs is 12. The predicted octanol–water partition coefficient (Wildman–Crippen LogP) is 14.5. The van der Waals surface area contributed by atoms with E-state index in [0.29, 0.717) is 78.4 Å². The van der Waals surface area contributed by atoms with Crippen LogP contribution < -0.4 is 20.6 Å². The molecule has 16 aromatic rings. The molecule has 0 radical (unpaired) electrons. The monoisotopic (exact) mass is 902 g/mol. The largest absolute Gasteiger partial charge is 0.457 e. The second-order valence-electron chi connectivity index (χ2n) is 17.9. The normalized spacial score (nSPS) is 12.4. The van der Waals surface area contributed by atoms with E-state index in [1.54, 1.807) is 8.80 Å². The van der Waals surface area contributed by atoms with Crippen LogP contribution in [0.1, 0.15) is 0 Å². The van der Waals surface area contributed by atoms with Gasteiger partial charge in [0.15, 0.2) is 0 Å². The highest BCUT2D eigenvalue weighted by molar-refractivity contribution is 6.33. The predicted molar refractivity (Wildman–Crippen MR) is 277 cm³/mol. The van der Waals surface area contributed by atoms with E-state index in [4.69, 9.17) is 28.3 Å². The Balaban J connectivity index is 0.948. The molecule has 0 N–H and O–H groups in total. The number of aromatic nitrogens is 4. The molecule has 0 bridgehead atoms. The molecule has 0 amide bonds. The number of ether oxygens (including phenoxy) is 2. The molecule has 10 heteroatoms. The fourth-order valence-electron chi connectivity index (χ4n) is 11.2. The number of imidazole rings is 2. The van der Waals surface area contributed by atoms with Gasteiger partial charge in [-0.05, 0) is 102 Å². The van der Waals surface area contributed by atoms with Crippen molar-refractivity contribution < 1.29 is 18.3 Å². The SMILES string of the molecule is O=c1c2ccc3oc4ccccc4c4c(Oc5ccc(-c6cc7oc8ccccc8c8c(Oc9ccccc9)cc9c(=O)n%10c%11ccccc%11nc%10c6c9c78)cc5)cc(c2c34)c2nc3ccccc3n12. The zero-order valence-electron chi connectivity index (χ0n) is 36.6. The van der Waals surface area contributed by atoms with Crippen molar-refractivity contribution in [2.45, 2.75) is 0 Å². The van der Waals surface area contributed by atoms with Gasteiger partial charge in [-0.1, -0.05) is 91.0 Å². The second kappa shape index (κ2) is 13.4. The number of benzene rings is 10. The lowest BCUT2D eigenvalue weighted by atomic mass is 9.90. The van der Waals surface area contributed by atoms with Gasteiger partial charge in [0.05, 0.1) is 27.5 Å². The van der Waals surface area contributed by atoms with Gasteiger partial charge in [-0.15, -0.1) is 0 Å². The highest BCUT2D eigenvalue weighted by atomic mass is 16.5. The van der Waals surface area contributed by atoms with E-state index >= 15 is 4.79 Å². The van der Waals surface area contributed by atoms with Crippen molar-refractivity contribution in [2.75, 3.05) is 0 Å². The Hall–Kier alpha value is -9.80. The van der Waals surface area contributed by atoms with Gasteiger partial charge in [0.1, 0.15) is 56.6 Å². The Morgan fingerprint density at radius 1 is 0.371 bits per heavy atom. The quantitative estimate of drug-likeness (QED) is 0.124. The van der Waals surface area contributed by atoms with Crippen molar-refractivity contribution in [1.82, 2.24) is 18.8 Å². The molecule has 0 atom stereocenters. The van der Waals surface area contributed by atoms with Crippen LogP contribution in [0.4, 0.5) is 0 Å². The summed E-state index contributed by atoms with van der Waals surface area (Å²) in [6.45, 7) is 0. The molecule has 0 aliphatic heterocycles. The maximum Gasteiger partial charge on any atom is 0.264 e. The average Bonchev–Trinajstić information content (AvgIpc) is 4.00. The number of hydrogen-bond acceptors (Lipinski definition) is 8. The summed E-state index contributed by atoms with van der Waals surface area (Å²) in [6.07, 6.45) is 0. The van der Waals surface area contributed by atoms with Crippen molar-refractivity contribution in [3.05, 3.63) is 203 Å². The fourth-order valence-corrected chi connectivity index (χ4v) is 11.2. The summed E-state index contributed by atoms with van der Waals surface area (Å²) in [6, 6.07) is 58.5. The molecule has 0 spiro atoms. The van der Waals surface area contributed by atoms with Gasteiger partial charge in [-0.25, -0.2) is 9.97 Å². The Morgan fingerprint density at radius 2 is 0.914 bits per heavy atom. The smallest absolute Gasteiger partial charge is 0.264 e. The summed E-state index contributed by atoms with van der Waals surface area (Å²) in [5.74, 6) is 2.38. The van der Waals surface area contributed by atoms with Gasteiger partial charge in [0, 0.05) is 59.2 Å². The molecule has 0 aliphatic carbocycles. The lowest BCUT2D eigenvalue weighted by Gasteiger charge is -2.19. The Bertz CT molecular complexity index is 5050. The van der Waals surface area contributed by atoms with Gasteiger partial charge < -0.3 is 18.3 Å². The van der Waals surface area contributed by atoms with E-state index in [9.17, 15) is 4.79 Å². The Kier molecular flexibility index (Phi) is 7.16. The van der Waals surface area contributed by atoms with E-state index in [2.05, 4.69) is 6.07 Å². The molecular formula is C60H30N4O6. The summed E-state index contributed by atoms with van der Waals surface area (Å²) >= 11 is 0. The number of pyridine rings is 2. The molecule has 10 aromatic carbocycles. The maximum absolute atomic E-state index is 15.0. The van der Waals surface area contributed by atoms with E-state index in [0.717, 1.165) is 76.0 Å². The maximum atomic E-state index is 15.0. The minimum absolute atomic E-state index is 0.141. The zero-order valence-corrected chi connectivity index (χ0v) is 36.6. The molecule has 10 nitrogen and oxygen atoms in total. The third kappa shape index (κ3) is 4.90. The number of hydrogen-bond donors (Lipinski definition) is 0. The third-order valence-corrected chi connectivity index (χ3v) is 14.1. The first-order chi connectivity index (χ1) is 34.5. The lowest BCUT2D eigenvalue weighted by molar-refractivity contribution is 0.489. The van der Waals surface area contributed by atoms with Gasteiger partial charge in [0.2, 0.25) is 0 Å². The molecule has 0 fully saturated rings. The molecule has 0 unspecified atom stereocenters. The minimum atomic E-state index is -0.202. The molecule has 0 saturated carbocycles.